The molecule has 0 spiro atoms. The van der Waals surface area contributed by atoms with Crippen LogP contribution in [0, 0.1) is 6.92 Å². The van der Waals surface area contributed by atoms with Crippen LogP contribution in [0.2, 0.25) is 0 Å². The molecular weight excluding hydrogens is 334 g/mol. The van der Waals surface area contributed by atoms with Gasteiger partial charge in [0.25, 0.3) is 5.91 Å². The van der Waals surface area contributed by atoms with E-state index >= 15 is 0 Å². The lowest BCUT2D eigenvalue weighted by Crippen LogP contribution is -2.43. The Balaban J connectivity index is 1.98. The highest BCUT2D eigenvalue weighted by atomic mass is 16.6. The Kier molecular flexibility index (Phi) is 6.39. The number of ether oxygens (including phenoxy) is 1. The molecular formula is C18H29N5O3. The number of amides is 2. The smallest absolute Gasteiger partial charge is 0.409 e. The normalized spacial score (nSPS) is 15.5. The first kappa shape index (κ1) is 19.9. The first-order chi connectivity index (χ1) is 12.2. The number of nitrogens with zero attached hydrogens (tertiary/aromatic N) is 3. The molecule has 2 heterocycles. The minimum Gasteiger partial charge on any atom is -0.450 e. The van der Waals surface area contributed by atoms with Crippen molar-refractivity contribution in [3.05, 3.63) is 17.6 Å². The molecule has 0 aliphatic carbocycles. The first-order valence-electron chi connectivity index (χ1n) is 9.04. The molecule has 8 heteroatoms. The second-order valence-electron chi connectivity index (χ2n) is 7.49. The minimum atomic E-state index is -0.330. The van der Waals surface area contributed by atoms with Gasteiger partial charge in [0.05, 0.1) is 6.61 Å². The number of rotatable bonds is 4. The summed E-state index contributed by atoms with van der Waals surface area (Å²) in [5, 5.41) is 6.27. The van der Waals surface area contributed by atoms with Crippen LogP contribution in [0.5, 0.6) is 0 Å². The summed E-state index contributed by atoms with van der Waals surface area (Å²) in [6.45, 7) is 11.0. The summed E-state index contributed by atoms with van der Waals surface area (Å²) in [6.07, 6.45) is 1.33. The van der Waals surface area contributed by atoms with Crippen LogP contribution in [0.25, 0.3) is 0 Å². The van der Waals surface area contributed by atoms with Gasteiger partial charge in [-0.1, -0.05) is 0 Å². The van der Waals surface area contributed by atoms with Crippen molar-refractivity contribution in [2.45, 2.75) is 59.0 Å². The average Bonchev–Trinajstić information content (AvgIpc) is 2.53. The molecule has 0 saturated carbocycles. The van der Waals surface area contributed by atoms with E-state index in [9.17, 15) is 9.59 Å². The molecule has 1 aliphatic rings. The van der Waals surface area contributed by atoms with Gasteiger partial charge < -0.3 is 20.3 Å². The Bertz CT molecular complexity index is 649. The third-order valence-electron chi connectivity index (χ3n) is 3.93. The molecule has 0 bridgehead atoms. The molecule has 8 nitrogen and oxygen atoms in total. The summed E-state index contributed by atoms with van der Waals surface area (Å²) < 4.78 is 5.03. The van der Waals surface area contributed by atoms with Crippen molar-refractivity contribution in [2.75, 3.05) is 25.0 Å². The topological polar surface area (TPSA) is 96.5 Å². The first-order valence-corrected chi connectivity index (χ1v) is 9.04. The van der Waals surface area contributed by atoms with Gasteiger partial charge in [0, 0.05) is 30.7 Å². The number of carbonyl (C=O) groups excluding carboxylic acids is 2. The van der Waals surface area contributed by atoms with Gasteiger partial charge in [-0.15, -0.1) is 0 Å². The van der Waals surface area contributed by atoms with E-state index in [1.807, 2.05) is 20.8 Å². The van der Waals surface area contributed by atoms with Gasteiger partial charge in [0.15, 0.2) is 0 Å². The van der Waals surface area contributed by atoms with Crippen molar-refractivity contribution in [3.63, 3.8) is 0 Å². The standard InChI is InChI=1S/C18H29N5O3/c1-6-26-17(25)23-9-7-13(8-10-23)21-15-11-14(19-12(2)20-15)16(24)22-18(3,4)5/h11,13H,6-10H2,1-5H3,(H,22,24)(H,19,20,21). The monoisotopic (exact) mass is 363 g/mol. The highest BCUT2D eigenvalue weighted by Crippen LogP contribution is 2.17. The number of likely N-dealkylation sites (tertiary alicyclic amines) is 1. The molecule has 0 radical (unpaired) electrons. The van der Waals surface area contributed by atoms with Crippen molar-refractivity contribution >= 4 is 17.8 Å². The summed E-state index contributed by atoms with van der Waals surface area (Å²) in [5.41, 5.74) is 0.0163. The molecule has 0 unspecified atom stereocenters. The van der Waals surface area contributed by atoms with E-state index in [-0.39, 0.29) is 23.6 Å². The fourth-order valence-electron chi connectivity index (χ4n) is 2.79. The van der Waals surface area contributed by atoms with Crippen LogP contribution >= 0.6 is 0 Å². The predicted molar refractivity (Wildman–Crippen MR) is 99.2 cm³/mol. The van der Waals surface area contributed by atoms with Gasteiger partial charge in [0.2, 0.25) is 0 Å². The van der Waals surface area contributed by atoms with Gasteiger partial charge in [0.1, 0.15) is 17.3 Å². The zero-order valence-electron chi connectivity index (χ0n) is 16.3. The molecule has 1 aliphatic heterocycles. The molecule has 0 aromatic carbocycles. The molecule has 1 fully saturated rings. The molecule has 1 saturated heterocycles. The SMILES string of the molecule is CCOC(=O)N1CCC(Nc2cc(C(=O)NC(C)(C)C)nc(C)n2)CC1. The average molecular weight is 363 g/mol. The number of piperidine rings is 1. The predicted octanol–water partition coefficient (Wildman–Crippen LogP) is 2.35. The van der Waals surface area contributed by atoms with E-state index in [1.54, 1.807) is 24.8 Å². The summed E-state index contributed by atoms with van der Waals surface area (Å²) in [4.78, 5) is 34.4. The number of nitrogens with one attached hydrogen (secondary N) is 2. The number of hydrogen-bond acceptors (Lipinski definition) is 6. The molecule has 2 N–H and O–H groups in total. The van der Waals surface area contributed by atoms with Crippen LogP contribution in [-0.2, 0) is 4.74 Å². The lowest BCUT2D eigenvalue weighted by Gasteiger charge is -2.31. The van der Waals surface area contributed by atoms with E-state index in [0.717, 1.165) is 12.8 Å². The second-order valence-corrected chi connectivity index (χ2v) is 7.49. The molecule has 1 aromatic rings. The van der Waals surface area contributed by atoms with E-state index in [0.29, 0.717) is 37.0 Å². The van der Waals surface area contributed by atoms with E-state index in [4.69, 9.17) is 4.74 Å². The van der Waals surface area contributed by atoms with Crippen molar-refractivity contribution in [1.29, 1.82) is 0 Å². The van der Waals surface area contributed by atoms with E-state index in [1.165, 1.54) is 0 Å². The zero-order valence-corrected chi connectivity index (χ0v) is 16.3. The van der Waals surface area contributed by atoms with E-state index in [2.05, 4.69) is 20.6 Å². The summed E-state index contributed by atoms with van der Waals surface area (Å²) in [7, 11) is 0. The van der Waals surface area contributed by atoms with Crippen molar-refractivity contribution < 1.29 is 14.3 Å². The summed E-state index contributed by atoms with van der Waals surface area (Å²) in [5.74, 6) is 0.951. The maximum absolute atomic E-state index is 12.3. The maximum Gasteiger partial charge on any atom is 0.409 e. The van der Waals surface area contributed by atoms with Gasteiger partial charge >= 0.3 is 6.09 Å². The minimum absolute atomic E-state index is 0.188. The molecule has 0 atom stereocenters. The second kappa shape index (κ2) is 8.33. The number of anilines is 1. The number of aromatic nitrogens is 2. The van der Waals surface area contributed by atoms with Crippen LogP contribution in [0.1, 0.15) is 56.8 Å². The largest absolute Gasteiger partial charge is 0.450 e. The zero-order chi connectivity index (χ0) is 19.3. The Morgan fingerprint density at radius 3 is 2.50 bits per heavy atom. The van der Waals surface area contributed by atoms with Gasteiger partial charge in [-0.25, -0.2) is 14.8 Å². The number of carbonyl (C=O) groups is 2. The van der Waals surface area contributed by atoms with Crippen LogP contribution in [0.15, 0.2) is 6.07 Å². The third-order valence-corrected chi connectivity index (χ3v) is 3.93. The highest BCUT2D eigenvalue weighted by Gasteiger charge is 2.24. The fraction of sp³-hybridized carbons (Fsp3) is 0.667. The fourth-order valence-corrected chi connectivity index (χ4v) is 2.79. The Morgan fingerprint density at radius 2 is 1.92 bits per heavy atom. The van der Waals surface area contributed by atoms with Crippen LogP contribution in [0.3, 0.4) is 0 Å². The van der Waals surface area contributed by atoms with Gasteiger partial charge in [-0.2, -0.15) is 0 Å². The van der Waals surface area contributed by atoms with Gasteiger partial charge in [-0.05, 0) is 47.5 Å². The van der Waals surface area contributed by atoms with Crippen molar-refractivity contribution in [3.8, 4) is 0 Å². The molecule has 2 rings (SSSR count). The highest BCUT2D eigenvalue weighted by molar-refractivity contribution is 5.93. The molecule has 1 aromatic heterocycles. The maximum atomic E-state index is 12.3. The van der Waals surface area contributed by atoms with Crippen LogP contribution in [0.4, 0.5) is 10.6 Å². The molecule has 2 amide bonds. The quantitative estimate of drug-likeness (QED) is 0.852. The van der Waals surface area contributed by atoms with E-state index < -0.39 is 0 Å². The van der Waals surface area contributed by atoms with Gasteiger partial charge in [-0.3, -0.25) is 4.79 Å². The lowest BCUT2D eigenvalue weighted by molar-refractivity contribution is 0.0912. The van der Waals surface area contributed by atoms with Crippen molar-refractivity contribution in [2.24, 2.45) is 0 Å². The number of hydrogen-bond donors (Lipinski definition) is 2. The lowest BCUT2D eigenvalue weighted by atomic mass is 10.1. The number of aryl methyl sites for hydroxylation is 1. The third kappa shape index (κ3) is 5.86. The Hall–Kier alpha value is -2.38. The van der Waals surface area contributed by atoms with Crippen LogP contribution in [-0.4, -0.2) is 58.1 Å². The molecule has 144 valence electrons. The Morgan fingerprint density at radius 1 is 1.27 bits per heavy atom. The van der Waals surface area contributed by atoms with Crippen LogP contribution < -0.4 is 10.6 Å². The molecule has 26 heavy (non-hydrogen) atoms. The van der Waals surface area contributed by atoms with Crippen molar-refractivity contribution in [1.82, 2.24) is 20.2 Å². The summed E-state index contributed by atoms with van der Waals surface area (Å²) >= 11 is 0. The Labute approximate surface area is 154 Å². The summed E-state index contributed by atoms with van der Waals surface area (Å²) in [6, 6.07) is 1.86.